The van der Waals surface area contributed by atoms with E-state index in [-0.39, 0.29) is 0 Å². The molecule has 0 saturated carbocycles. The average molecular weight is 158 g/mol. The monoisotopic (exact) mass is 158 g/mol. The summed E-state index contributed by atoms with van der Waals surface area (Å²) in [6, 6.07) is 0. The quantitative estimate of drug-likeness (QED) is 0.490. The molecule has 1 saturated heterocycles. The van der Waals surface area contributed by atoms with Crippen LogP contribution in [0, 0.1) is 0 Å². The fourth-order valence-electron chi connectivity index (χ4n) is 1.40. The molecule has 0 aromatic rings. The number of rotatable bonds is 1. The molecule has 0 radical (unpaired) electrons. The molecule has 0 spiro atoms. The van der Waals surface area contributed by atoms with E-state index >= 15 is 0 Å². The summed E-state index contributed by atoms with van der Waals surface area (Å²) in [7, 11) is 8.87. The molecule has 1 heterocycles. The van der Waals surface area contributed by atoms with Crippen LogP contribution in [0.3, 0.4) is 0 Å². The highest BCUT2D eigenvalue weighted by molar-refractivity contribution is 4.62. The van der Waals surface area contributed by atoms with E-state index in [2.05, 4.69) is 38.1 Å². The van der Waals surface area contributed by atoms with Crippen molar-refractivity contribution in [3.63, 3.8) is 0 Å². The van der Waals surface area contributed by atoms with E-state index in [1.165, 1.54) is 26.2 Å². The first kappa shape index (κ1) is 8.97. The van der Waals surface area contributed by atoms with Gasteiger partial charge in [0, 0.05) is 13.1 Å². The summed E-state index contributed by atoms with van der Waals surface area (Å²) in [5.41, 5.74) is 0. The normalized spacial score (nSPS) is 24.0. The van der Waals surface area contributed by atoms with Crippen LogP contribution in [0.25, 0.3) is 0 Å². The summed E-state index contributed by atoms with van der Waals surface area (Å²) in [6.07, 6.45) is 0. The van der Waals surface area contributed by atoms with Crippen LogP contribution in [0.1, 0.15) is 0 Å². The highest BCUT2D eigenvalue weighted by Crippen LogP contribution is 2.05. The maximum atomic E-state index is 2.49. The molecule has 1 aliphatic rings. The van der Waals surface area contributed by atoms with Crippen molar-refractivity contribution in [2.45, 2.75) is 0 Å². The SMILES string of the molecule is CN1CCN([N+](C)(C)C)CC1. The van der Waals surface area contributed by atoms with Gasteiger partial charge in [-0.05, 0) is 7.05 Å². The van der Waals surface area contributed by atoms with Crippen molar-refractivity contribution in [2.24, 2.45) is 0 Å². The zero-order valence-corrected chi connectivity index (χ0v) is 8.17. The fraction of sp³-hybridized carbons (Fsp3) is 1.00. The Kier molecular flexibility index (Phi) is 2.52. The molecule has 0 amide bonds. The molecule has 0 aromatic carbocycles. The molecule has 0 N–H and O–H groups in total. The van der Waals surface area contributed by atoms with Crippen molar-refractivity contribution in [1.82, 2.24) is 9.91 Å². The number of quaternary nitrogens is 1. The van der Waals surface area contributed by atoms with Crippen LogP contribution in [0.4, 0.5) is 0 Å². The molecule has 0 aromatic heterocycles. The summed E-state index contributed by atoms with van der Waals surface area (Å²) in [5.74, 6) is 0. The lowest BCUT2D eigenvalue weighted by atomic mass is 10.4. The van der Waals surface area contributed by atoms with Crippen molar-refractivity contribution in [3.8, 4) is 0 Å². The predicted molar refractivity (Wildman–Crippen MR) is 47.1 cm³/mol. The molecule has 0 aliphatic carbocycles. The molecule has 1 aliphatic heterocycles. The predicted octanol–water partition coefficient (Wildman–Crippen LogP) is -0.145. The van der Waals surface area contributed by atoms with Gasteiger partial charge in [-0.2, -0.15) is 5.01 Å². The van der Waals surface area contributed by atoms with Crippen molar-refractivity contribution in [3.05, 3.63) is 0 Å². The third-order valence-electron chi connectivity index (χ3n) is 2.33. The molecule has 66 valence electrons. The Balaban J connectivity index is 2.39. The minimum atomic E-state index is 0.966. The van der Waals surface area contributed by atoms with Crippen LogP contribution in [-0.2, 0) is 0 Å². The second-order valence-corrected chi connectivity index (χ2v) is 4.20. The maximum Gasteiger partial charge on any atom is 0.0855 e. The molecule has 3 nitrogen and oxygen atoms in total. The van der Waals surface area contributed by atoms with Crippen LogP contribution in [-0.4, -0.2) is 68.9 Å². The average Bonchev–Trinajstić information content (AvgIpc) is 1.86. The van der Waals surface area contributed by atoms with Gasteiger partial charge in [-0.3, -0.25) is 4.59 Å². The fourth-order valence-corrected chi connectivity index (χ4v) is 1.40. The Hall–Kier alpha value is -0.120. The number of likely N-dealkylation sites (N-methyl/N-ethyl adjacent to an activating group) is 1. The van der Waals surface area contributed by atoms with E-state index in [4.69, 9.17) is 0 Å². The molecule has 0 bridgehead atoms. The van der Waals surface area contributed by atoms with Crippen molar-refractivity contribution < 1.29 is 4.59 Å². The van der Waals surface area contributed by atoms with Gasteiger partial charge in [-0.15, -0.1) is 0 Å². The van der Waals surface area contributed by atoms with E-state index < -0.39 is 0 Å². The third-order valence-corrected chi connectivity index (χ3v) is 2.33. The first-order chi connectivity index (χ1) is 5.00. The van der Waals surface area contributed by atoms with Crippen LogP contribution >= 0.6 is 0 Å². The van der Waals surface area contributed by atoms with Crippen LogP contribution in [0.2, 0.25) is 0 Å². The third kappa shape index (κ3) is 2.43. The van der Waals surface area contributed by atoms with Gasteiger partial charge in [0.15, 0.2) is 0 Å². The van der Waals surface area contributed by atoms with Gasteiger partial charge in [0.1, 0.15) is 0 Å². The van der Waals surface area contributed by atoms with Crippen LogP contribution in [0.15, 0.2) is 0 Å². The standard InChI is InChI=1S/C8H20N3/c1-9-5-7-10(8-6-9)11(2,3)4/h5-8H2,1-4H3/q+1. The summed E-state index contributed by atoms with van der Waals surface area (Å²) >= 11 is 0. The molecule has 11 heavy (non-hydrogen) atoms. The molecule has 1 fully saturated rings. The van der Waals surface area contributed by atoms with Gasteiger partial charge < -0.3 is 4.90 Å². The highest BCUT2D eigenvalue weighted by Gasteiger charge is 2.24. The number of nitrogens with zero attached hydrogens (tertiary/aromatic N) is 3. The van der Waals surface area contributed by atoms with Crippen LogP contribution < -0.4 is 0 Å². The maximum absolute atomic E-state index is 2.49. The highest BCUT2D eigenvalue weighted by atomic mass is 15.7. The largest absolute Gasteiger partial charge is 0.303 e. The zero-order chi connectivity index (χ0) is 8.48. The Morgan fingerprint density at radius 2 is 1.36 bits per heavy atom. The molecule has 1 rings (SSSR count). The van der Waals surface area contributed by atoms with Gasteiger partial charge >= 0.3 is 0 Å². The molecule has 0 unspecified atom stereocenters. The van der Waals surface area contributed by atoms with Crippen LogP contribution in [0.5, 0.6) is 0 Å². The first-order valence-electron chi connectivity index (χ1n) is 4.25. The van der Waals surface area contributed by atoms with Gasteiger partial charge in [-0.25, -0.2) is 0 Å². The zero-order valence-electron chi connectivity index (χ0n) is 8.17. The Labute approximate surface area is 69.7 Å². The second-order valence-electron chi connectivity index (χ2n) is 4.20. The summed E-state index contributed by atoms with van der Waals surface area (Å²) in [4.78, 5) is 2.38. The smallest absolute Gasteiger partial charge is 0.0855 e. The topological polar surface area (TPSA) is 6.48 Å². The van der Waals surface area contributed by atoms with E-state index in [0.29, 0.717) is 0 Å². The van der Waals surface area contributed by atoms with Gasteiger partial charge in [0.25, 0.3) is 0 Å². The molecular weight excluding hydrogens is 138 g/mol. The first-order valence-corrected chi connectivity index (χ1v) is 4.25. The molecular formula is C8H20N3+. The summed E-state index contributed by atoms with van der Waals surface area (Å²) < 4.78 is 0.966. The van der Waals surface area contributed by atoms with Gasteiger partial charge in [0.05, 0.1) is 34.2 Å². The van der Waals surface area contributed by atoms with E-state index in [1.54, 1.807) is 0 Å². The number of hydrogen-bond acceptors (Lipinski definition) is 2. The van der Waals surface area contributed by atoms with Gasteiger partial charge in [0.2, 0.25) is 0 Å². The Bertz CT molecular complexity index is 120. The van der Waals surface area contributed by atoms with Gasteiger partial charge in [-0.1, -0.05) is 0 Å². The Morgan fingerprint density at radius 1 is 0.909 bits per heavy atom. The van der Waals surface area contributed by atoms with Crippen molar-refractivity contribution in [1.29, 1.82) is 0 Å². The second kappa shape index (κ2) is 3.09. The van der Waals surface area contributed by atoms with E-state index in [9.17, 15) is 0 Å². The van der Waals surface area contributed by atoms with E-state index in [1.807, 2.05) is 0 Å². The van der Waals surface area contributed by atoms with Crippen molar-refractivity contribution in [2.75, 3.05) is 54.4 Å². The lowest BCUT2D eigenvalue weighted by molar-refractivity contribution is -0.987. The number of hydrogen-bond donors (Lipinski definition) is 0. The Morgan fingerprint density at radius 3 is 1.73 bits per heavy atom. The van der Waals surface area contributed by atoms with E-state index in [0.717, 1.165) is 4.59 Å². The lowest BCUT2D eigenvalue weighted by Crippen LogP contribution is -2.58. The minimum absolute atomic E-state index is 0.966. The molecule has 0 atom stereocenters. The molecule has 3 heteroatoms. The summed E-state index contributed by atoms with van der Waals surface area (Å²) in [5, 5.41) is 2.49. The number of piperazine rings is 1. The lowest BCUT2D eigenvalue weighted by Gasteiger charge is -2.41. The van der Waals surface area contributed by atoms with Crippen molar-refractivity contribution >= 4 is 0 Å². The minimum Gasteiger partial charge on any atom is -0.303 e. The summed E-state index contributed by atoms with van der Waals surface area (Å²) in [6.45, 7) is 4.80.